The van der Waals surface area contributed by atoms with E-state index in [1.807, 2.05) is 22.9 Å². The van der Waals surface area contributed by atoms with Gasteiger partial charge in [0, 0.05) is 5.56 Å². The lowest BCUT2D eigenvalue weighted by atomic mass is 9.91. The Morgan fingerprint density at radius 3 is 2.62 bits per heavy atom. The maximum Gasteiger partial charge on any atom is 0.387 e. The van der Waals surface area contributed by atoms with E-state index in [1.165, 1.54) is 6.33 Å². The number of fused-ring (bicyclic) bond motifs is 1. The van der Waals surface area contributed by atoms with Crippen LogP contribution < -0.4 is 10.1 Å². The third-order valence-electron chi connectivity index (χ3n) is 4.69. The summed E-state index contributed by atoms with van der Waals surface area (Å²) in [5.41, 5.74) is 2.97. The van der Waals surface area contributed by atoms with Crippen LogP contribution in [0.25, 0.3) is 0 Å². The molecule has 2 heterocycles. The van der Waals surface area contributed by atoms with Crippen LogP contribution in [0.4, 0.5) is 14.7 Å². The third kappa shape index (κ3) is 3.00. The molecule has 4 rings (SSSR count). The summed E-state index contributed by atoms with van der Waals surface area (Å²) in [6.07, 6.45) is 2.14. The van der Waals surface area contributed by atoms with E-state index in [9.17, 15) is 8.78 Å². The normalized spacial score (nSPS) is 19.1. The van der Waals surface area contributed by atoms with Crippen molar-refractivity contribution in [1.29, 1.82) is 0 Å². The number of benzene rings is 2. The van der Waals surface area contributed by atoms with E-state index in [-0.39, 0.29) is 17.8 Å². The molecule has 2 atom stereocenters. The van der Waals surface area contributed by atoms with E-state index >= 15 is 0 Å². The summed E-state index contributed by atoms with van der Waals surface area (Å²) in [6.45, 7) is -0.813. The molecule has 0 fully saturated rings. The molecule has 3 aromatic rings. The molecule has 2 aromatic carbocycles. The number of nitrogens with one attached hydrogen (secondary N) is 1. The van der Waals surface area contributed by atoms with Crippen LogP contribution in [-0.2, 0) is 0 Å². The predicted molar refractivity (Wildman–Crippen MR) is 93.4 cm³/mol. The maximum atomic E-state index is 12.8. The summed E-state index contributed by atoms with van der Waals surface area (Å²) in [4.78, 5) is 4.28. The lowest BCUT2D eigenvalue weighted by Gasteiger charge is -2.33. The minimum Gasteiger partial charge on any atom is -0.434 e. The first-order chi connectivity index (χ1) is 12.6. The number of rotatable bonds is 4. The first-order valence-electron chi connectivity index (χ1n) is 8.39. The van der Waals surface area contributed by atoms with Crippen LogP contribution in [0.3, 0.4) is 0 Å². The first-order valence-corrected chi connectivity index (χ1v) is 8.39. The number of hydrogen-bond acceptors (Lipinski definition) is 4. The highest BCUT2D eigenvalue weighted by molar-refractivity contribution is 5.44. The molecule has 1 N–H and O–H groups in total. The van der Waals surface area contributed by atoms with Crippen LogP contribution >= 0.6 is 0 Å². The van der Waals surface area contributed by atoms with Gasteiger partial charge in [0.2, 0.25) is 5.95 Å². The van der Waals surface area contributed by atoms with Gasteiger partial charge >= 0.3 is 6.61 Å². The van der Waals surface area contributed by atoms with Crippen LogP contribution in [0.15, 0.2) is 54.9 Å². The number of anilines is 1. The van der Waals surface area contributed by atoms with Gasteiger partial charge in [-0.2, -0.15) is 18.9 Å². The molecule has 5 nitrogen and oxygen atoms in total. The van der Waals surface area contributed by atoms with Crippen LogP contribution in [0, 0.1) is 6.92 Å². The molecule has 134 valence electrons. The molecule has 0 bridgehead atoms. The lowest BCUT2D eigenvalue weighted by molar-refractivity contribution is -0.0506. The van der Waals surface area contributed by atoms with E-state index < -0.39 is 6.61 Å². The largest absolute Gasteiger partial charge is 0.434 e. The fraction of sp³-hybridized carbons (Fsp3) is 0.263. The Hall–Kier alpha value is -2.96. The van der Waals surface area contributed by atoms with Crippen molar-refractivity contribution < 1.29 is 13.5 Å². The van der Waals surface area contributed by atoms with E-state index in [0.29, 0.717) is 17.9 Å². The molecule has 1 aliphatic heterocycles. The first kappa shape index (κ1) is 16.5. The molecule has 0 saturated heterocycles. The van der Waals surface area contributed by atoms with Crippen LogP contribution in [0.2, 0.25) is 0 Å². The standard InChI is InChI=1S/C19H18F2N4O/c1-12-6-2-3-7-13(12)16-10-15(24-19-22-11-23-25(16)19)14-8-4-5-9-17(14)26-18(20)21/h2-9,11,15-16,18H,10H2,1H3,(H,22,23,24)/t15-,16-/m0/s1. The number of alkyl halides is 2. The minimum atomic E-state index is -2.87. The summed E-state index contributed by atoms with van der Waals surface area (Å²) in [5, 5.41) is 7.64. The fourth-order valence-electron chi connectivity index (χ4n) is 3.52. The summed E-state index contributed by atoms with van der Waals surface area (Å²) in [5.74, 6) is 0.790. The second-order valence-electron chi connectivity index (χ2n) is 6.25. The highest BCUT2D eigenvalue weighted by Crippen LogP contribution is 2.40. The van der Waals surface area contributed by atoms with Crippen LogP contribution in [0.5, 0.6) is 5.75 Å². The Balaban J connectivity index is 1.74. The zero-order valence-corrected chi connectivity index (χ0v) is 14.1. The quantitative estimate of drug-likeness (QED) is 0.756. The molecule has 0 saturated carbocycles. The van der Waals surface area contributed by atoms with Crippen molar-refractivity contribution in [1.82, 2.24) is 14.8 Å². The minimum absolute atomic E-state index is 0.0421. The molecule has 0 radical (unpaired) electrons. The Morgan fingerprint density at radius 1 is 1.12 bits per heavy atom. The number of para-hydroxylation sites is 1. The molecule has 7 heteroatoms. The van der Waals surface area contributed by atoms with Crippen molar-refractivity contribution in [3.05, 3.63) is 71.5 Å². The van der Waals surface area contributed by atoms with Gasteiger partial charge < -0.3 is 10.1 Å². The van der Waals surface area contributed by atoms with Gasteiger partial charge in [-0.25, -0.2) is 4.68 Å². The number of nitrogens with zero attached hydrogens (tertiary/aromatic N) is 3. The van der Waals surface area contributed by atoms with Crippen molar-refractivity contribution in [3.8, 4) is 5.75 Å². The summed E-state index contributed by atoms with van der Waals surface area (Å²) in [7, 11) is 0. The van der Waals surface area contributed by atoms with E-state index in [0.717, 1.165) is 11.1 Å². The Bertz CT molecular complexity index is 912. The lowest BCUT2D eigenvalue weighted by Crippen LogP contribution is -2.28. The van der Waals surface area contributed by atoms with E-state index in [2.05, 4.69) is 34.5 Å². The topological polar surface area (TPSA) is 52.0 Å². The van der Waals surface area contributed by atoms with Crippen molar-refractivity contribution in [3.63, 3.8) is 0 Å². The average molecular weight is 356 g/mol. The van der Waals surface area contributed by atoms with Crippen molar-refractivity contribution in [2.45, 2.75) is 32.0 Å². The Morgan fingerprint density at radius 2 is 1.85 bits per heavy atom. The maximum absolute atomic E-state index is 12.8. The smallest absolute Gasteiger partial charge is 0.387 e. The zero-order valence-electron chi connectivity index (χ0n) is 14.1. The number of halogens is 2. The number of aromatic nitrogens is 3. The molecule has 1 aromatic heterocycles. The molecular weight excluding hydrogens is 338 g/mol. The summed E-state index contributed by atoms with van der Waals surface area (Å²) >= 11 is 0. The van der Waals surface area contributed by atoms with Crippen LogP contribution in [-0.4, -0.2) is 21.4 Å². The van der Waals surface area contributed by atoms with Crippen molar-refractivity contribution in [2.24, 2.45) is 0 Å². The van der Waals surface area contributed by atoms with Gasteiger partial charge in [-0.05, 0) is 30.5 Å². The molecular formula is C19H18F2N4O. The van der Waals surface area contributed by atoms with Gasteiger partial charge in [0.1, 0.15) is 12.1 Å². The second-order valence-corrected chi connectivity index (χ2v) is 6.25. The fourth-order valence-corrected chi connectivity index (χ4v) is 3.52. The van der Waals surface area contributed by atoms with Gasteiger partial charge in [0.25, 0.3) is 0 Å². The Labute approximate surface area is 149 Å². The summed E-state index contributed by atoms with van der Waals surface area (Å²) in [6, 6.07) is 14.7. The average Bonchev–Trinajstić information content (AvgIpc) is 3.10. The molecule has 0 aliphatic carbocycles. The van der Waals surface area contributed by atoms with Gasteiger partial charge in [-0.3, -0.25) is 0 Å². The predicted octanol–water partition coefficient (Wildman–Crippen LogP) is 4.33. The van der Waals surface area contributed by atoms with Crippen molar-refractivity contribution in [2.75, 3.05) is 5.32 Å². The van der Waals surface area contributed by atoms with Gasteiger partial charge in [-0.15, -0.1) is 0 Å². The zero-order chi connectivity index (χ0) is 18.1. The Kier molecular flexibility index (Phi) is 4.28. The highest BCUT2D eigenvalue weighted by Gasteiger charge is 2.32. The SMILES string of the molecule is Cc1ccccc1[C@@H]1C[C@@H](c2ccccc2OC(F)F)Nc2ncnn21. The number of aryl methyl sites for hydroxylation is 1. The van der Waals surface area contributed by atoms with E-state index in [4.69, 9.17) is 4.74 Å². The van der Waals surface area contributed by atoms with Gasteiger partial charge in [-0.1, -0.05) is 42.5 Å². The summed E-state index contributed by atoms with van der Waals surface area (Å²) < 4.78 is 32.1. The number of ether oxygens (including phenoxy) is 1. The van der Waals surface area contributed by atoms with Gasteiger partial charge in [0.15, 0.2) is 0 Å². The second kappa shape index (κ2) is 6.74. The molecule has 26 heavy (non-hydrogen) atoms. The molecule has 0 amide bonds. The molecule has 0 unspecified atom stereocenters. The number of hydrogen-bond donors (Lipinski definition) is 1. The van der Waals surface area contributed by atoms with E-state index in [1.54, 1.807) is 18.2 Å². The van der Waals surface area contributed by atoms with Crippen molar-refractivity contribution >= 4 is 5.95 Å². The van der Waals surface area contributed by atoms with Crippen LogP contribution in [0.1, 0.15) is 35.2 Å². The molecule has 1 aliphatic rings. The third-order valence-corrected chi connectivity index (χ3v) is 4.69. The highest BCUT2D eigenvalue weighted by atomic mass is 19.3. The van der Waals surface area contributed by atoms with Gasteiger partial charge in [0.05, 0.1) is 12.1 Å². The molecule has 0 spiro atoms. The monoisotopic (exact) mass is 356 g/mol.